The van der Waals surface area contributed by atoms with Crippen molar-refractivity contribution in [2.45, 2.75) is 76.0 Å². The van der Waals surface area contributed by atoms with Gasteiger partial charge in [0.1, 0.15) is 24.5 Å². The van der Waals surface area contributed by atoms with Crippen molar-refractivity contribution in [3.63, 3.8) is 0 Å². The van der Waals surface area contributed by atoms with Crippen molar-refractivity contribution in [1.82, 2.24) is 0 Å². The van der Waals surface area contributed by atoms with Gasteiger partial charge in [0.2, 0.25) is 6.34 Å². The Hall–Kier alpha value is -3.35. The molecular weight excluding hydrogens is 535 g/mol. The van der Waals surface area contributed by atoms with Crippen molar-refractivity contribution in [3.8, 4) is 0 Å². The molecule has 4 aromatic rings. The zero-order chi connectivity index (χ0) is 28.2. The van der Waals surface area contributed by atoms with Crippen LogP contribution in [0.25, 0.3) is 21.5 Å². The molecule has 7 rings (SSSR count). The Bertz CT molecular complexity index is 1520. The third-order valence-corrected chi connectivity index (χ3v) is 9.39. The van der Waals surface area contributed by atoms with Gasteiger partial charge in [-0.1, -0.05) is 111 Å². The molecule has 0 spiro atoms. The molecule has 0 saturated heterocycles. The quantitative estimate of drug-likeness (QED) is 0.142. The van der Waals surface area contributed by atoms with Crippen molar-refractivity contribution >= 4 is 46.8 Å². The Kier molecular flexibility index (Phi) is 9.86. The SMILES string of the molecule is C1=[N+](c2c(C3CCCCC3)ccc3ccccc23)CCN1c1c(C2CCCCC2)ccc2ccccc12.FB(F)F.[F-]. The van der Waals surface area contributed by atoms with E-state index in [-0.39, 0.29) is 4.70 Å². The van der Waals surface area contributed by atoms with Gasteiger partial charge in [-0.3, -0.25) is 12.9 Å². The molecule has 42 heavy (non-hydrogen) atoms. The first kappa shape index (κ1) is 30.1. The zero-order valence-electron chi connectivity index (χ0n) is 24.1. The predicted octanol–water partition coefficient (Wildman–Crippen LogP) is 7.16. The molecule has 4 aromatic carbocycles. The van der Waals surface area contributed by atoms with Crippen LogP contribution in [0.5, 0.6) is 0 Å². The minimum atomic E-state index is -3.67. The third kappa shape index (κ3) is 6.35. The lowest BCUT2D eigenvalue weighted by Crippen LogP contribution is -3.00. The molecule has 2 nitrogen and oxygen atoms in total. The summed E-state index contributed by atoms with van der Waals surface area (Å²) in [7, 11) is -3.67. The van der Waals surface area contributed by atoms with E-state index in [1.807, 2.05) is 0 Å². The number of nitrogens with zero attached hydrogens (tertiary/aromatic N) is 2. The summed E-state index contributed by atoms with van der Waals surface area (Å²) < 4.78 is 31.6. The molecule has 2 saturated carbocycles. The van der Waals surface area contributed by atoms with Crippen LogP contribution in [0.4, 0.5) is 24.3 Å². The maximum absolute atomic E-state index is 9.67. The smallest absolute Gasteiger partial charge is 0.762 e. The summed E-state index contributed by atoms with van der Waals surface area (Å²) in [6.07, 6.45) is 16.1. The van der Waals surface area contributed by atoms with Gasteiger partial charge in [0.15, 0.2) is 0 Å². The highest BCUT2D eigenvalue weighted by atomic mass is 19.4. The van der Waals surface area contributed by atoms with E-state index in [1.165, 1.54) is 97.1 Å². The second-order valence-electron chi connectivity index (χ2n) is 11.9. The lowest BCUT2D eigenvalue weighted by atomic mass is 9.82. The van der Waals surface area contributed by atoms with E-state index in [0.29, 0.717) is 11.8 Å². The molecule has 220 valence electrons. The Labute approximate surface area is 246 Å². The van der Waals surface area contributed by atoms with E-state index in [2.05, 4.69) is 88.6 Å². The first-order valence-electron chi connectivity index (χ1n) is 15.4. The van der Waals surface area contributed by atoms with E-state index >= 15 is 0 Å². The fraction of sp³-hybridized carbons (Fsp3) is 0.400. The number of hydrogen-bond donors (Lipinski definition) is 0. The first-order valence-corrected chi connectivity index (χ1v) is 15.4. The van der Waals surface area contributed by atoms with E-state index in [1.54, 1.807) is 11.1 Å². The second kappa shape index (κ2) is 13.8. The molecule has 2 fully saturated rings. The molecule has 1 aliphatic heterocycles. The Morgan fingerprint density at radius 1 is 0.619 bits per heavy atom. The van der Waals surface area contributed by atoms with Crippen LogP contribution in [-0.2, 0) is 0 Å². The minimum absolute atomic E-state index is 0. The lowest BCUT2D eigenvalue weighted by molar-refractivity contribution is -0.423. The second-order valence-corrected chi connectivity index (χ2v) is 11.9. The Morgan fingerprint density at radius 2 is 1.12 bits per heavy atom. The fourth-order valence-corrected chi connectivity index (χ4v) is 7.51. The molecule has 3 aliphatic rings. The van der Waals surface area contributed by atoms with Crippen LogP contribution in [0.15, 0.2) is 72.8 Å². The molecule has 0 aromatic heterocycles. The van der Waals surface area contributed by atoms with Crippen LogP contribution in [0.2, 0.25) is 0 Å². The van der Waals surface area contributed by atoms with Crippen molar-refractivity contribution in [3.05, 3.63) is 83.9 Å². The standard InChI is InChI=1S/C35H39N2.BF3.FH/c1-3-11-26(12-4-1)32-21-19-28-15-7-9-17-30(28)34(32)36-23-24-37(25-36)35-31-18-10-8-16-29(31)20-22-33(35)27-13-5-2-6-14-27;2-1(3)4;/h7-10,15-22,25-27H,1-6,11-14,23-24H2;;1H/q+1;;/p-1. The average Bonchev–Trinajstić information content (AvgIpc) is 3.50. The Morgan fingerprint density at radius 3 is 1.74 bits per heavy atom. The molecule has 7 heteroatoms. The molecule has 0 atom stereocenters. The van der Waals surface area contributed by atoms with Gasteiger partial charge in [0, 0.05) is 21.9 Å². The van der Waals surface area contributed by atoms with E-state index in [4.69, 9.17) is 0 Å². The van der Waals surface area contributed by atoms with E-state index < -0.39 is 7.54 Å². The van der Waals surface area contributed by atoms with E-state index in [9.17, 15) is 12.9 Å². The topological polar surface area (TPSA) is 6.25 Å². The number of fused-ring (bicyclic) bond motifs is 2. The summed E-state index contributed by atoms with van der Waals surface area (Å²) in [6, 6.07) is 27.7. The van der Waals surface area contributed by atoms with Gasteiger partial charge in [-0.25, -0.2) is 9.48 Å². The summed E-state index contributed by atoms with van der Waals surface area (Å²) >= 11 is 0. The van der Waals surface area contributed by atoms with Crippen LogP contribution in [0.3, 0.4) is 0 Å². The zero-order valence-corrected chi connectivity index (χ0v) is 24.1. The minimum Gasteiger partial charge on any atom is -1.00 e. The van der Waals surface area contributed by atoms with Crippen LogP contribution in [0.1, 0.15) is 87.2 Å². The number of anilines is 1. The highest BCUT2D eigenvalue weighted by Crippen LogP contribution is 2.44. The highest BCUT2D eigenvalue weighted by Gasteiger charge is 2.32. The monoisotopic (exact) mass is 574 g/mol. The van der Waals surface area contributed by atoms with Gasteiger partial charge in [-0.05, 0) is 48.3 Å². The molecule has 0 N–H and O–H groups in total. The van der Waals surface area contributed by atoms with Gasteiger partial charge >= 0.3 is 7.54 Å². The average molecular weight is 575 g/mol. The number of rotatable bonds is 4. The summed E-state index contributed by atoms with van der Waals surface area (Å²) in [5.41, 5.74) is 6.07. The van der Waals surface area contributed by atoms with Crippen molar-refractivity contribution < 1.29 is 22.2 Å². The molecule has 0 amide bonds. The molecule has 0 bridgehead atoms. The van der Waals surface area contributed by atoms with Gasteiger partial charge in [-0.15, -0.1) is 0 Å². The maximum atomic E-state index is 9.67. The summed E-state index contributed by atoms with van der Waals surface area (Å²) in [5.74, 6) is 1.37. The van der Waals surface area contributed by atoms with Crippen LogP contribution < -0.4 is 9.60 Å². The van der Waals surface area contributed by atoms with Crippen molar-refractivity contribution in [2.24, 2.45) is 0 Å². The van der Waals surface area contributed by atoms with Gasteiger partial charge in [0.05, 0.1) is 0 Å². The summed E-state index contributed by atoms with van der Waals surface area (Å²) in [6.45, 7) is 2.09. The third-order valence-electron chi connectivity index (χ3n) is 9.39. The predicted molar refractivity (Wildman–Crippen MR) is 167 cm³/mol. The number of hydrogen-bond acceptors (Lipinski definition) is 1. The molecular formula is C35H39BF4N2. The molecule has 2 aliphatic carbocycles. The normalized spacial score (nSPS) is 17.9. The maximum Gasteiger partial charge on any atom is 0.762 e. The van der Waals surface area contributed by atoms with Gasteiger partial charge in [-0.2, -0.15) is 0 Å². The van der Waals surface area contributed by atoms with Crippen LogP contribution >= 0.6 is 0 Å². The van der Waals surface area contributed by atoms with Crippen molar-refractivity contribution in [1.29, 1.82) is 0 Å². The first-order chi connectivity index (χ1) is 20.1. The fourth-order valence-electron chi connectivity index (χ4n) is 7.51. The van der Waals surface area contributed by atoms with Gasteiger partial charge < -0.3 is 4.70 Å². The molecule has 1 heterocycles. The molecule has 0 unspecified atom stereocenters. The van der Waals surface area contributed by atoms with Crippen LogP contribution in [-0.4, -0.2) is 31.5 Å². The summed E-state index contributed by atoms with van der Waals surface area (Å²) in [5, 5.41) is 5.54. The number of benzene rings is 4. The van der Waals surface area contributed by atoms with E-state index in [0.717, 1.165) is 13.1 Å². The Balaban J connectivity index is 0.000000665. The van der Waals surface area contributed by atoms with Gasteiger partial charge in [0.25, 0.3) is 0 Å². The molecule has 0 radical (unpaired) electrons. The lowest BCUT2D eigenvalue weighted by Gasteiger charge is -2.25. The highest BCUT2D eigenvalue weighted by molar-refractivity contribution is 6.33. The largest absolute Gasteiger partial charge is 1.00 e. The number of halogens is 4. The van der Waals surface area contributed by atoms with Crippen molar-refractivity contribution in [2.75, 3.05) is 18.0 Å². The summed E-state index contributed by atoms with van der Waals surface area (Å²) in [4.78, 5) is 2.60. The van der Waals surface area contributed by atoms with Crippen LogP contribution in [0, 0.1) is 0 Å².